The van der Waals surface area contributed by atoms with Crippen molar-refractivity contribution in [1.82, 2.24) is 19.4 Å². The number of imidazole rings is 1. The molecule has 6 nitrogen and oxygen atoms in total. The number of hydrogen-bond acceptors (Lipinski definition) is 4. The van der Waals surface area contributed by atoms with Crippen LogP contribution in [0.15, 0.2) is 48.5 Å². The van der Waals surface area contributed by atoms with Gasteiger partial charge in [0.15, 0.2) is 5.82 Å². The van der Waals surface area contributed by atoms with Crippen molar-refractivity contribution in [2.24, 2.45) is 0 Å². The first-order valence-electron chi connectivity index (χ1n) is 15.1. The Morgan fingerprint density at radius 1 is 0.875 bits per heavy atom. The number of fused-ring (bicyclic) bond motifs is 3. The molecule has 0 fully saturated rings. The number of nitrogens with zero attached hydrogens (tertiary/aromatic N) is 4. The molecule has 0 bridgehead atoms. The van der Waals surface area contributed by atoms with E-state index in [2.05, 4.69) is 74.5 Å². The molecule has 0 aliphatic rings. The number of unbranched alkanes of at least 4 members (excludes halogenated alkanes) is 5. The Morgan fingerprint density at radius 3 is 2.25 bits per heavy atom. The average molecular weight is 542 g/mol. The number of aryl methyl sites for hydroxylation is 1. The van der Waals surface area contributed by atoms with Gasteiger partial charge in [-0.25, -0.2) is 9.97 Å². The minimum absolute atomic E-state index is 0.224. The van der Waals surface area contributed by atoms with Crippen LogP contribution in [0.3, 0.4) is 0 Å². The molecule has 4 aromatic rings. The summed E-state index contributed by atoms with van der Waals surface area (Å²) in [6.07, 6.45) is 9.49. The Balaban J connectivity index is 1.56. The molecule has 6 heteroatoms. The fraction of sp³-hybridized carbons (Fsp3) is 0.500. The quantitative estimate of drug-likeness (QED) is 0.174. The number of pyridine rings is 1. The topological polar surface area (TPSA) is 77.0 Å². The normalized spacial score (nSPS) is 11.9. The first-order valence-corrected chi connectivity index (χ1v) is 15.1. The van der Waals surface area contributed by atoms with Crippen LogP contribution in [-0.2, 0) is 24.3 Å². The molecule has 0 aliphatic heterocycles. The minimum atomic E-state index is -0.224. The van der Waals surface area contributed by atoms with Gasteiger partial charge in [0, 0.05) is 36.9 Å². The third-order valence-corrected chi connectivity index (χ3v) is 7.75. The summed E-state index contributed by atoms with van der Waals surface area (Å²) in [7, 11) is 0. The summed E-state index contributed by atoms with van der Waals surface area (Å²) in [6.45, 7) is 12.1. The zero-order valence-corrected chi connectivity index (χ0v) is 25.2. The number of carbonyl (C=O) groups is 1. The number of nitrogens with two attached hydrogens (primary N) is 1. The number of rotatable bonds is 13. The van der Waals surface area contributed by atoms with Crippen LogP contribution in [0.25, 0.3) is 21.9 Å². The predicted molar refractivity (Wildman–Crippen MR) is 167 cm³/mol. The summed E-state index contributed by atoms with van der Waals surface area (Å²) < 4.78 is 2.32. The highest BCUT2D eigenvalue weighted by molar-refractivity contribution is 6.06. The smallest absolute Gasteiger partial charge is 0.223 e. The van der Waals surface area contributed by atoms with Crippen LogP contribution in [0.4, 0.5) is 5.82 Å². The molecule has 2 N–H and O–H groups in total. The molecule has 0 spiro atoms. The second-order valence-electron chi connectivity index (χ2n) is 12.1. The molecular formula is C34H47N5O. The molecule has 2 aromatic heterocycles. The van der Waals surface area contributed by atoms with Gasteiger partial charge in [0.2, 0.25) is 5.91 Å². The lowest BCUT2D eigenvalue weighted by molar-refractivity contribution is -0.136. The minimum Gasteiger partial charge on any atom is -0.382 e. The molecule has 2 aromatic carbocycles. The number of hydrogen-bond donors (Lipinski definition) is 1. The Kier molecular flexibility index (Phi) is 9.83. The van der Waals surface area contributed by atoms with Crippen molar-refractivity contribution in [3.8, 4) is 0 Å². The standard InChI is InChI=1S/C34H47N5O/c1-6-8-10-11-12-18-30(40)39(34(3,4)5)24-26-21-19-25(20-22-26)23-38-29(17-9-7-2)37-31-32(38)27-15-13-14-16-28(27)36-33(31)35/h13-16,19-22H,6-12,17-18,23-24H2,1-5H3,(H2,35,36). The fourth-order valence-electron chi connectivity index (χ4n) is 5.43. The third-order valence-electron chi connectivity index (χ3n) is 7.75. The SMILES string of the molecule is CCCCCCCC(=O)N(Cc1ccc(Cn2c(CCCC)nc3c(N)nc4ccccc4c32)cc1)C(C)(C)C. The summed E-state index contributed by atoms with van der Waals surface area (Å²) in [6, 6.07) is 16.9. The highest BCUT2D eigenvalue weighted by Crippen LogP contribution is 2.30. The van der Waals surface area contributed by atoms with Gasteiger partial charge in [-0.05, 0) is 50.8 Å². The molecule has 214 valence electrons. The number of carbonyl (C=O) groups excluding carboxylic acids is 1. The second-order valence-corrected chi connectivity index (χ2v) is 12.1. The van der Waals surface area contributed by atoms with Crippen LogP contribution < -0.4 is 5.73 Å². The van der Waals surface area contributed by atoms with Crippen molar-refractivity contribution in [3.05, 3.63) is 65.5 Å². The lowest BCUT2D eigenvalue weighted by Gasteiger charge is -2.36. The summed E-state index contributed by atoms with van der Waals surface area (Å²) in [5, 5.41) is 1.08. The summed E-state index contributed by atoms with van der Waals surface area (Å²) in [5.41, 5.74) is 11.2. The van der Waals surface area contributed by atoms with Crippen LogP contribution >= 0.6 is 0 Å². The van der Waals surface area contributed by atoms with Crippen molar-refractivity contribution >= 4 is 33.7 Å². The molecular weight excluding hydrogens is 494 g/mol. The number of benzene rings is 2. The first-order chi connectivity index (χ1) is 19.2. The van der Waals surface area contributed by atoms with E-state index in [-0.39, 0.29) is 11.4 Å². The monoisotopic (exact) mass is 541 g/mol. The van der Waals surface area contributed by atoms with Gasteiger partial charge in [0.05, 0.1) is 11.0 Å². The van der Waals surface area contributed by atoms with E-state index in [0.717, 1.165) is 65.4 Å². The second kappa shape index (κ2) is 13.3. The third kappa shape index (κ3) is 7.01. The van der Waals surface area contributed by atoms with Gasteiger partial charge < -0.3 is 15.2 Å². The van der Waals surface area contributed by atoms with Gasteiger partial charge in [-0.2, -0.15) is 0 Å². The van der Waals surface area contributed by atoms with E-state index in [4.69, 9.17) is 10.7 Å². The van der Waals surface area contributed by atoms with Gasteiger partial charge in [-0.3, -0.25) is 4.79 Å². The van der Waals surface area contributed by atoms with Gasteiger partial charge in [0.25, 0.3) is 0 Å². The van der Waals surface area contributed by atoms with E-state index in [0.29, 0.717) is 25.3 Å². The highest BCUT2D eigenvalue weighted by Gasteiger charge is 2.26. The Morgan fingerprint density at radius 2 is 1.55 bits per heavy atom. The lowest BCUT2D eigenvalue weighted by Crippen LogP contribution is -2.45. The molecule has 1 amide bonds. The lowest BCUT2D eigenvalue weighted by atomic mass is 10.0. The van der Waals surface area contributed by atoms with Crippen LogP contribution in [0.2, 0.25) is 0 Å². The number of amides is 1. The maximum atomic E-state index is 13.2. The van der Waals surface area contributed by atoms with Gasteiger partial charge in [-0.15, -0.1) is 0 Å². The first kappa shape index (κ1) is 29.6. The molecule has 0 radical (unpaired) electrons. The maximum absolute atomic E-state index is 13.2. The fourth-order valence-corrected chi connectivity index (χ4v) is 5.43. The maximum Gasteiger partial charge on any atom is 0.223 e. The van der Waals surface area contributed by atoms with E-state index in [1.807, 2.05) is 23.1 Å². The van der Waals surface area contributed by atoms with E-state index >= 15 is 0 Å². The molecule has 0 unspecified atom stereocenters. The molecule has 40 heavy (non-hydrogen) atoms. The van der Waals surface area contributed by atoms with E-state index in [1.54, 1.807) is 0 Å². The summed E-state index contributed by atoms with van der Waals surface area (Å²) in [4.78, 5) is 24.8. The molecule has 0 saturated heterocycles. The van der Waals surface area contributed by atoms with Crippen molar-refractivity contribution in [2.75, 3.05) is 5.73 Å². The molecule has 4 rings (SSSR count). The Bertz CT molecular complexity index is 1410. The highest BCUT2D eigenvalue weighted by atomic mass is 16.2. The van der Waals surface area contributed by atoms with Crippen molar-refractivity contribution in [1.29, 1.82) is 0 Å². The Labute approximate surface area is 240 Å². The zero-order valence-electron chi connectivity index (χ0n) is 25.2. The van der Waals surface area contributed by atoms with Crippen LogP contribution in [0, 0.1) is 0 Å². The number of nitrogen functional groups attached to an aromatic ring is 1. The number of anilines is 1. The number of aromatic nitrogens is 3. The molecule has 2 heterocycles. The van der Waals surface area contributed by atoms with Crippen LogP contribution in [-0.4, -0.2) is 30.9 Å². The summed E-state index contributed by atoms with van der Waals surface area (Å²) in [5.74, 6) is 1.78. The molecule has 0 atom stereocenters. The largest absolute Gasteiger partial charge is 0.382 e. The van der Waals surface area contributed by atoms with Crippen molar-refractivity contribution in [3.63, 3.8) is 0 Å². The van der Waals surface area contributed by atoms with Gasteiger partial charge in [-0.1, -0.05) is 88.4 Å². The van der Waals surface area contributed by atoms with E-state index in [9.17, 15) is 4.79 Å². The molecule has 0 aliphatic carbocycles. The van der Waals surface area contributed by atoms with E-state index < -0.39 is 0 Å². The van der Waals surface area contributed by atoms with Crippen LogP contribution in [0.1, 0.15) is 103 Å². The number of para-hydroxylation sites is 1. The average Bonchev–Trinajstić information content (AvgIpc) is 3.29. The zero-order chi connectivity index (χ0) is 28.7. The van der Waals surface area contributed by atoms with E-state index in [1.165, 1.54) is 24.8 Å². The van der Waals surface area contributed by atoms with Crippen LogP contribution in [0.5, 0.6) is 0 Å². The molecule has 0 saturated carbocycles. The van der Waals surface area contributed by atoms with Crippen molar-refractivity contribution < 1.29 is 4.79 Å². The predicted octanol–water partition coefficient (Wildman–Crippen LogP) is 8.05. The Hall–Kier alpha value is -3.41. The van der Waals surface area contributed by atoms with Gasteiger partial charge >= 0.3 is 0 Å². The summed E-state index contributed by atoms with van der Waals surface area (Å²) >= 11 is 0. The van der Waals surface area contributed by atoms with Gasteiger partial charge in [0.1, 0.15) is 11.3 Å². The van der Waals surface area contributed by atoms with Crippen molar-refractivity contribution in [2.45, 2.75) is 111 Å².